The molecule has 29 heavy (non-hydrogen) atoms. The molecular formula is C23H32N2O4. The second-order valence-corrected chi connectivity index (χ2v) is 6.57. The highest BCUT2D eigenvalue weighted by molar-refractivity contribution is 5.76. The molecule has 1 aromatic heterocycles. The Morgan fingerprint density at radius 3 is 2.38 bits per heavy atom. The fourth-order valence-electron chi connectivity index (χ4n) is 2.93. The van der Waals surface area contributed by atoms with Gasteiger partial charge in [-0.15, -0.1) is 0 Å². The SMILES string of the molecule is CCOC(CN(Cc1cccnc1)C(=O)CCOCCc1ccccc1)OCC. The van der Waals surface area contributed by atoms with Gasteiger partial charge in [0.2, 0.25) is 5.91 Å². The maximum Gasteiger partial charge on any atom is 0.225 e. The van der Waals surface area contributed by atoms with E-state index in [4.69, 9.17) is 14.2 Å². The molecule has 0 unspecified atom stereocenters. The molecule has 6 heteroatoms. The molecule has 0 aliphatic carbocycles. The van der Waals surface area contributed by atoms with Crippen LogP contribution in [0.5, 0.6) is 0 Å². The van der Waals surface area contributed by atoms with E-state index in [1.165, 1.54) is 5.56 Å². The smallest absolute Gasteiger partial charge is 0.225 e. The zero-order chi connectivity index (χ0) is 20.7. The van der Waals surface area contributed by atoms with Crippen molar-refractivity contribution in [2.45, 2.75) is 39.5 Å². The average Bonchev–Trinajstić information content (AvgIpc) is 2.75. The predicted octanol–water partition coefficient (Wildman–Crippen LogP) is 3.46. The summed E-state index contributed by atoms with van der Waals surface area (Å²) in [7, 11) is 0. The van der Waals surface area contributed by atoms with Crippen LogP contribution in [0.1, 0.15) is 31.4 Å². The van der Waals surface area contributed by atoms with Gasteiger partial charge in [0.05, 0.1) is 26.2 Å². The summed E-state index contributed by atoms with van der Waals surface area (Å²) >= 11 is 0. The lowest BCUT2D eigenvalue weighted by Gasteiger charge is -2.27. The summed E-state index contributed by atoms with van der Waals surface area (Å²) in [6.07, 6.45) is 4.21. The van der Waals surface area contributed by atoms with Crippen LogP contribution < -0.4 is 0 Å². The van der Waals surface area contributed by atoms with Gasteiger partial charge in [-0.1, -0.05) is 36.4 Å². The van der Waals surface area contributed by atoms with E-state index in [1.54, 1.807) is 17.3 Å². The molecule has 0 fully saturated rings. The molecule has 0 aliphatic heterocycles. The Hall–Kier alpha value is -2.28. The molecule has 2 rings (SSSR count). The van der Waals surface area contributed by atoms with Crippen molar-refractivity contribution in [3.05, 3.63) is 66.0 Å². The lowest BCUT2D eigenvalue weighted by molar-refractivity contribution is -0.160. The summed E-state index contributed by atoms with van der Waals surface area (Å²) in [5, 5.41) is 0. The third-order valence-corrected chi connectivity index (χ3v) is 4.36. The number of carbonyl (C=O) groups is 1. The molecule has 6 nitrogen and oxygen atoms in total. The fourth-order valence-corrected chi connectivity index (χ4v) is 2.93. The number of aromatic nitrogens is 1. The minimum absolute atomic E-state index is 0.0120. The van der Waals surface area contributed by atoms with Crippen molar-refractivity contribution >= 4 is 5.91 Å². The van der Waals surface area contributed by atoms with Crippen LogP contribution in [-0.4, -0.2) is 55.1 Å². The van der Waals surface area contributed by atoms with Crippen molar-refractivity contribution in [3.63, 3.8) is 0 Å². The van der Waals surface area contributed by atoms with E-state index in [0.717, 1.165) is 12.0 Å². The molecule has 0 saturated carbocycles. The van der Waals surface area contributed by atoms with Gasteiger partial charge in [0.25, 0.3) is 0 Å². The maximum atomic E-state index is 12.8. The normalized spacial score (nSPS) is 11.0. The molecule has 0 N–H and O–H groups in total. The molecular weight excluding hydrogens is 368 g/mol. The number of ether oxygens (including phenoxy) is 3. The second-order valence-electron chi connectivity index (χ2n) is 6.57. The van der Waals surface area contributed by atoms with Crippen molar-refractivity contribution in [2.75, 3.05) is 33.0 Å². The monoisotopic (exact) mass is 400 g/mol. The van der Waals surface area contributed by atoms with Crippen LogP contribution in [0.3, 0.4) is 0 Å². The molecule has 0 saturated heterocycles. The van der Waals surface area contributed by atoms with E-state index < -0.39 is 6.29 Å². The first kappa shape index (κ1) is 23.0. The van der Waals surface area contributed by atoms with Crippen LogP contribution in [0, 0.1) is 0 Å². The number of hydrogen-bond donors (Lipinski definition) is 0. The number of carbonyl (C=O) groups excluding carboxylic acids is 1. The number of hydrogen-bond acceptors (Lipinski definition) is 5. The molecule has 0 spiro atoms. The van der Waals surface area contributed by atoms with Crippen LogP contribution in [0.4, 0.5) is 0 Å². The number of benzene rings is 1. The number of pyridine rings is 1. The van der Waals surface area contributed by atoms with Crippen LogP contribution >= 0.6 is 0 Å². The van der Waals surface area contributed by atoms with Crippen molar-refractivity contribution in [2.24, 2.45) is 0 Å². The van der Waals surface area contributed by atoms with Crippen LogP contribution in [0.15, 0.2) is 54.9 Å². The van der Waals surface area contributed by atoms with E-state index in [2.05, 4.69) is 17.1 Å². The van der Waals surface area contributed by atoms with Crippen molar-refractivity contribution in [1.29, 1.82) is 0 Å². The van der Waals surface area contributed by atoms with Gasteiger partial charge in [0.15, 0.2) is 6.29 Å². The molecule has 158 valence electrons. The van der Waals surface area contributed by atoms with Gasteiger partial charge in [-0.2, -0.15) is 0 Å². The summed E-state index contributed by atoms with van der Waals surface area (Å²) in [6, 6.07) is 14.0. The first-order valence-electron chi connectivity index (χ1n) is 10.2. The topological polar surface area (TPSA) is 60.9 Å². The molecule has 1 aromatic carbocycles. The summed E-state index contributed by atoms with van der Waals surface area (Å²) in [5.41, 5.74) is 2.20. The Balaban J connectivity index is 1.85. The third-order valence-electron chi connectivity index (χ3n) is 4.36. The number of amides is 1. The summed E-state index contributed by atoms with van der Waals surface area (Å²) < 4.78 is 16.9. The zero-order valence-electron chi connectivity index (χ0n) is 17.5. The van der Waals surface area contributed by atoms with E-state index in [1.807, 2.05) is 44.2 Å². The van der Waals surface area contributed by atoms with E-state index >= 15 is 0 Å². The highest BCUT2D eigenvalue weighted by Crippen LogP contribution is 2.09. The Morgan fingerprint density at radius 1 is 1.00 bits per heavy atom. The molecule has 2 aromatic rings. The number of rotatable bonds is 14. The maximum absolute atomic E-state index is 12.8. The van der Waals surface area contributed by atoms with Gasteiger partial charge in [-0.25, -0.2) is 0 Å². The van der Waals surface area contributed by atoms with Gasteiger partial charge in [0, 0.05) is 32.2 Å². The summed E-state index contributed by atoms with van der Waals surface area (Å²) in [4.78, 5) is 18.7. The largest absolute Gasteiger partial charge is 0.381 e. The number of nitrogens with zero attached hydrogens (tertiary/aromatic N) is 2. The van der Waals surface area contributed by atoms with E-state index in [9.17, 15) is 4.79 Å². The zero-order valence-corrected chi connectivity index (χ0v) is 17.5. The van der Waals surface area contributed by atoms with E-state index in [-0.39, 0.29) is 5.91 Å². The van der Waals surface area contributed by atoms with Gasteiger partial charge in [-0.05, 0) is 37.5 Å². The van der Waals surface area contributed by atoms with Crippen molar-refractivity contribution in [3.8, 4) is 0 Å². The standard InChI is InChI=1S/C23H32N2O4/c1-3-28-23(29-4-2)19-25(18-21-11-8-14-24-17-21)22(26)13-16-27-15-12-20-9-6-5-7-10-20/h5-11,14,17,23H,3-4,12-13,15-16,18-19H2,1-2H3. The van der Waals surface area contributed by atoms with Gasteiger partial charge < -0.3 is 19.1 Å². The minimum atomic E-state index is -0.440. The Bertz CT molecular complexity index is 676. The molecule has 0 bridgehead atoms. The molecule has 0 radical (unpaired) electrons. The van der Waals surface area contributed by atoms with Crippen LogP contribution in [-0.2, 0) is 32.0 Å². The third kappa shape index (κ3) is 9.17. The Labute approximate surface area is 173 Å². The highest BCUT2D eigenvalue weighted by Gasteiger charge is 2.20. The predicted molar refractivity (Wildman–Crippen MR) is 112 cm³/mol. The van der Waals surface area contributed by atoms with E-state index in [0.29, 0.717) is 45.9 Å². The van der Waals surface area contributed by atoms with Gasteiger partial charge in [-0.3, -0.25) is 9.78 Å². The second kappa shape index (κ2) is 13.8. The molecule has 1 heterocycles. The van der Waals surface area contributed by atoms with Crippen molar-refractivity contribution in [1.82, 2.24) is 9.88 Å². The summed E-state index contributed by atoms with van der Waals surface area (Å²) in [5.74, 6) is 0.0120. The highest BCUT2D eigenvalue weighted by atomic mass is 16.7. The first-order valence-corrected chi connectivity index (χ1v) is 10.2. The Morgan fingerprint density at radius 2 is 1.72 bits per heavy atom. The Kier molecular flexibility index (Phi) is 11.0. The molecule has 0 atom stereocenters. The quantitative estimate of drug-likeness (QED) is 0.359. The van der Waals surface area contributed by atoms with Gasteiger partial charge in [0.1, 0.15) is 0 Å². The van der Waals surface area contributed by atoms with Crippen LogP contribution in [0.25, 0.3) is 0 Å². The fraction of sp³-hybridized carbons (Fsp3) is 0.478. The average molecular weight is 401 g/mol. The van der Waals surface area contributed by atoms with Crippen LogP contribution in [0.2, 0.25) is 0 Å². The molecule has 0 aliphatic rings. The minimum Gasteiger partial charge on any atom is -0.381 e. The van der Waals surface area contributed by atoms with Gasteiger partial charge >= 0.3 is 0 Å². The summed E-state index contributed by atoms with van der Waals surface area (Å²) in [6.45, 7) is 6.72. The molecule has 1 amide bonds. The lowest BCUT2D eigenvalue weighted by Crippen LogP contribution is -2.39. The first-order chi connectivity index (χ1) is 14.2. The van der Waals surface area contributed by atoms with Crippen molar-refractivity contribution < 1.29 is 19.0 Å². The lowest BCUT2D eigenvalue weighted by atomic mass is 10.2.